The van der Waals surface area contributed by atoms with Crippen LogP contribution in [0.4, 0.5) is 23.3 Å². The maximum atomic E-state index is 12.8. The summed E-state index contributed by atoms with van der Waals surface area (Å²) < 4.78 is 0. The van der Waals surface area contributed by atoms with E-state index in [1.165, 1.54) is 5.56 Å². The Morgan fingerprint density at radius 3 is 0.891 bits per heavy atom. The molecule has 0 bridgehead atoms. The first-order chi connectivity index (χ1) is 57.7. The van der Waals surface area contributed by atoms with Crippen molar-refractivity contribution in [3.63, 3.8) is 0 Å². The Bertz CT molecular complexity index is 5390. The highest BCUT2D eigenvalue weighted by Crippen LogP contribution is 2.29. The van der Waals surface area contributed by atoms with Gasteiger partial charge in [0, 0.05) is 35.1 Å². The quantitative estimate of drug-likeness (QED) is 0.0200. The first-order valence-electron chi connectivity index (χ1n) is 40.7. The number of benzene rings is 9. The van der Waals surface area contributed by atoms with Gasteiger partial charge in [-0.1, -0.05) is 286 Å². The van der Waals surface area contributed by atoms with Gasteiger partial charge in [-0.25, -0.2) is 39.9 Å². The third-order valence-electron chi connectivity index (χ3n) is 19.1. The molecule has 0 saturated heterocycles. The first kappa shape index (κ1) is 88.6. The molecule has 4 heterocycles. The summed E-state index contributed by atoms with van der Waals surface area (Å²) in [4.78, 5) is 87.3. The van der Waals surface area contributed by atoms with Crippen molar-refractivity contribution < 1.29 is 39.6 Å². The number of hydrogen-bond acceptors (Lipinski definition) is 16. The topological polar surface area (TPSA) is 300 Å². The second-order valence-corrected chi connectivity index (χ2v) is 31.1. The van der Waals surface area contributed by atoms with Crippen molar-refractivity contribution in [1.29, 1.82) is 0 Å². The van der Waals surface area contributed by atoms with Gasteiger partial charge in [0.25, 0.3) is 0 Å². The van der Waals surface area contributed by atoms with Crippen molar-refractivity contribution in [2.45, 2.75) is 152 Å². The zero-order chi connectivity index (χ0) is 84.4. The van der Waals surface area contributed by atoms with Gasteiger partial charge < -0.3 is 41.7 Å². The lowest BCUT2D eigenvalue weighted by Crippen LogP contribution is -2.18. The standard InChI is InChI=1S/C27H27N3O2.C25H29N3O2.C24H27N3O2.C23H25N3O2/c1-18(2)13-24-27(28-16-25(29-24)22-11-7-19(17-31)8-12-22)30-26(32)15-20-9-10-21-5-3-4-6-23(21)14-20;1-18(2)15-22-25(28-24(30)10-6-9-19-7-4-3-5-8-19)26-16-23(27-22)21-13-11-20(17-29)12-14-21;1-17(2)14-21-24(27-23(29)13-10-18-6-4-3-5-7-18)25-15-22(26-21)20-11-8-19(16-28)9-12-20;1-16(2)12-20-23(26-22(28)13-17-6-4-3-5-7-17)24-14-21(25-20)19-10-8-18(15-27)9-11-19/h3-12,14,16,18,31H,13,15,17H2,1-2H3,(H,28,30,32);3-5,7-8,11-14,16,18,29H,6,9-10,15,17H2,1-2H3,(H,26,28,30);3-9,11-12,15,17,28H,10,13-14,16H2,1-2H3,(H,25,27,29);3-11,14,16,27H,12-13,15H2,1-2H3,(H,24,26,28). The number of fused-ring (bicyclic) bond motifs is 1. The summed E-state index contributed by atoms with van der Waals surface area (Å²) in [6.07, 6.45) is 13.4. The van der Waals surface area contributed by atoms with Gasteiger partial charge >= 0.3 is 0 Å². The van der Waals surface area contributed by atoms with Gasteiger partial charge in [0.15, 0.2) is 23.3 Å². The van der Waals surface area contributed by atoms with E-state index >= 15 is 0 Å². The fraction of sp³-hybridized carbons (Fsp3) is 0.273. The molecule has 0 radical (unpaired) electrons. The smallest absolute Gasteiger partial charge is 0.229 e. The number of hydrogen-bond donors (Lipinski definition) is 8. The van der Waals surface area contributed by atoms with Crippen molar-refractivity contribution >= 4 is 57.7 Å². The van der Waals surface area contributed by atoms with E-state index in [1.54, 1.807) is 24.8 Å². The van der Waals surface area contributed by atoms with Crippen LogP contribution in [0, 0.1) is 23.7 Å². The molecule has 0 aliphatic heterocycles. The number of aromatic nitrogens is 8. The number of rotatable bonds is 31. The highest BCUT2D eigenvalue weighted by molar-refractivity contribution is 5.94. The van der Waals surface area contributed by atoms with Crippen LogP contribution in [-0.2, 0) is 97.0 Å². The molecule has 0 spiro atoms. The lowest BCUT2D eigenvalue weighted by Gasteiger charge is -2.13. The van der Waals surface area contributed by atoms with E-state index in [0.29, 0.717) is 79.0 Å². The van der Waals surface area contributed by atoms with Crippen molar-refractivity contribution in [1.82, 2.24) is 39.9 Å². The zero-order valence-corrected chi connectivity index (χ0v) is 69.2. The number of carbonyl (C=O) groups is 4. The van der Waals surface area contributed by atoms with Gasteiger partial charge in [-0.15, -0.1) is 0 Å². The molecule has 8 N–H and O–H groups in total. The number of nitrogens with zero attached hydrogens (tertiary/aromatic N) is 8. The molecule has 4 aromatic heterocycles. The van der Waals surface area contributed by atoms with Crippen LogP contribution in [0.3, 0.4) is 0 Å². The van der Waals surface area contributed by atoms with Crippen LogP contribution in [0.25, 0.3) is 55.8 Å². The fourth-order valence-electron chi connectivity index (χ4n) is 13.0. The van der Waals surface area contributed by atoms with Gasteiger partial charge in [-0.05, 0) is 124 Å². The van der Waals surface area contributed by atoms with E-state index in [1.807, 2.05) is 200 Å². The lowest BCUT2D eigenvalue weighted by atomic mass is 10.0. The Morgan fingerprint density at radius 2 is 0.563 bits per heavy atom. The summed E-state index contributed by atoms with van der Waals surface area (Å²) in [5, 5.41) is 50.9. The normalized spacial score (nSPS) is 11.0. The van der Waals surface area contributed by atoms with Crippen molar-refractivity contribution in [3.8, 4) is 45.0 Å². The number of aliphatic hydroxyl groups excluding tert-OH is 4. The predicted molar refractivity (Wildman–Crippen MR) is 474 cm³/mol. The average molecular weight is 1590 g/mol. The summed E-state index contributed by atoms with van der Waals surface area (Å²) in [6, 6.07) is 74.4. The molecule has 612 valence electrons. The minimum Gasteiger partial charge on any atom is -0.392 e. The van der Waals surface area contributed by atoms with Crippen molar-refractivity contribution in [3.05, 3.63) is 323 Å². The highest BCUT2D eigenvalue weighted by atomic mass is 16.3. The fourth-order valence-corrected chi connectivity index (χ4v) is 13.0. The largest absolute Gasteiger partial charge is 0.392 e. The van der Waals surface area contributed by atoms with E-state index in [0.717, 1.165) is 150 Å². The Morgan fingerprint density at radius 1 is 0.286 bits per heavy atom. The van der Waals surface area contributed by atoms with E-state index in [2.05, 4.69) is 127 Å². The molecular weight excluding hydrogens is 1490 g/mol. The molecule has 13 rings (SSSR count). The van der Waals surface area contributed by atoms with Crippen LogP contribution in [0.2, 0.25) is 0 Å². The molecule has 9 aromatic carbocycles. The first-order valence-corrected chi connectivity index (χ1v) is 40.7. The van der Waals surface area contributed by atoms with E-state index < -0.39 is 0 Å². The minimum atomic E-state index is -0.111. The molecule has 4 amide bonds. The number of aryl methyl sites for hydroxylation is 2. The molecule has 0 atom stereocenters. The summed E-state index contributed by atoms with van der Waals surface area (Å²) in [7, 11) is 0. The van der Waals surface area contributed by atoms with Gasteiger partial charge in [0.1, 0.15) is 0 Å². The third-order valence-corrected chi connectivity index (χ3v) is 19.1. The number of nitrogens with one attached hydrogen (secondary N) is 4. The molecular formula is C99H108N12O8. The molecule has 0 fully saturated rings. The Balaban J connectivity index is 0.000000167. The van der Waals surface area contributed by atoms with Crippen LogP contribution >= 0.6 is 0 Å². The van der Waals surface area contributed by atoms with Crippen LogP contribution in [0.5, 0.6) is 0 Å². The second kappa shape index (κ2) is 45.7. The lowest BCUT2D eigenvalue weighted by molar-refractivity contribution is -0.117. The Kier molecular flexibility index (Phi) is 34.0. The predicted octanol–water partition coefficient (Wildman–Crippen LogP) is 18.4. The maximum Gasteiger partial charge on any atom is 0.229 e. The van der Waals surface area contributed by atoms with Gasteiger partial charge in [0.2, 0.25) is 23.6 Å². The zero-order valence-electron chi connectivity index (χ0n) is 69.2. The molecule has 20 heteroatoms. The number of anilines is 4. The average Bonchev–Trinajstić information content (AvgIpc) is 0.835. The Labute approximate surface area is 698 Å². The molecule has 0 saturated carbocycles. The van der Waals surface area contributed by atoms with Crippen molar-refractivity contribution in [2.24, 2.45) is 23.7 Å². The molecule has 0 aliphatic carbocycles. The molecule has 119 heavy (non-hydrogen) atoms. The SMILES string of the molecule is CC(C)Cc1nc(-c2ccc(CO)cc2)cnc1NC(=O)CCCc1ccccc1.CC(C)Cc1nc(-c2ccc(CO)cc2)cnc1NC(=O)CCc1ccccc1.CC(C)Cc1nc(-c2ccc(CO)cc2)cnc1NC(=O)Cc1ccc2ccccc2c1.CC(C)Cc1nc(-c2ccc(CO)cc2)cnc1NC(=O)Cc1ccccc1. The summed E-state index contributed by atoms with van der Waals surface area (Å²) >= 11 is 0. The van der Waals surface area contributed by atoms with Gasteiger partial charge in [-0.3, -0.25) is 19.2 Å². The molecule has 20 nitrogen and oxygen atoms in total. The summed E-state index contributed by atoms with van der Waals surface area (Å²) in [6.45, 7) is 17.0. The van der Waals surface area contributed by atoms with Crippen LogP contribution in [0.15, 0.2) is 255 Å². The van der Waals surface area contributed by atoms with Gasteiger partial charge in [0.05, 0.1) is 110 Å². The summed E-state index contributed by atoms with van der Waals surface area (Å²) in [5.41, 5.74) is 17.6. The van der Waals surface area contributed by atoms with Crippen molar-refractivity contribution in [2.75, 3.05) is 21.3 Å². The second-order valence-electron chi connectivity index (χ2n) is 31.1. The number of carbonyl (C=O) groups excluding carboxylic acids is 4. The van der Waals surface area contributed by atoms with Crippen LogP contribution in [-0.4, -0.2) is 83.9 Å². The number of aliphatic hydroxyl groups is 4. The maximum absolute atomic E-state index is 12.8. The van der Waals surface area contributed by atoms with E-state index in [9.17, 15) is 39.6 Å². The Hall–Kier alpha value is -12.7. The van der Waals surface area contributed by atoms with E-state index in [-0.39, 0.29) is 56.5 Å². The van der Waals surface area contributed by atoms with Crippen LogP contribution in [0.1, 0.15) is 142 Å². The van der Waals surface area contributed by atoms with Crippen LogP contribution < -0.4 is 21.3 Å². The molecule has 0 aliphatic rings. The van der Waals surface area contributed by atoms with E-state index in [4.69, 9.17) is 19.9 Å². The summed E-state index contributed by atoms with van der Waals surface area (Å²) in [5.74, 6) is 3.32. The van der Waals surface area contributed by atoms with Gasteiger partial charge in [-0.2, -0.15) is 0 Å². The monoisotopic (exact) mass is 1590 g/mol. The third kappa shape index (κ3) is 28.6. The number of amides is 4. The molecule has 13 aromatic rings. The minimum absolute atomic E-state index is 0.00668. The highest BCUT2D eigenvalue weighted by Gasteiger charge is 2.20. The molecule has 0 unspecified atom stereocenters.